The predicted molar refractivity (Wildman–Crippen MR) is 119 cm³/mol. The minimum Gasteiger partial charge on any atom is -0.508 e. The SMILES string of the molecule is COc1ccc(C(=O)Nc2nc(-c3ccc(O)cc3)c(Cc3ccccc3)s2)cc1. The third-order valence-electron chi connectivity index (χ3n) is 4.62. The number of aromatic hydroxyl groups is 1. The number of rotatable bonds is 6. The van der Waals surface area contributed by atoms with Crippen molar-refractivity contribution in [3.63, 3.8) is 0 Å². The van der Waals surface area contributed by atoms with Gasteiger partial charge in [-0.05, 0) is 54.1 Å². The first kappa shape index (κ1) is 19.7. The Morgan fingerprint density at radius 3 is 2.37 bits per heavy atom. The van der Waals surface area contributed by atoms with E-state index in [9.17, 15) is 9.90 Å². The highest BCUT2D eigenvalue weighted by Gasteiger charge is 2.16. The molecule has 4 aromatic rings. The number of benzene rings is 3. The fraction of sp³-hybridized carbons (Fsp3) is 0.0833. The number of ether oxygens (including phenoxy) is 1. The second-order valence-corrected chi connectivity index (χ2v) is 7.77. The number of anilines is 1. The molecule has 1 heterocycles. The molecule has 0 bridgehead atoms. The zero-order chi connectivity index (χ0) is 20.9. The van der Waals surface area contributed by atoms with Crippen LogP contribution in [0.3, 0.4) is 0 Å². The van der Waals surface area contributed by atoms with Gasteiger partial charge in [0.2, 0.25) is 0 Å². The van der Waals surface area contributed by atoms with E-state index >= 15 is 0 Å². The molecule has 1 aromatic heterocycles. The Hall–Kier alpha value is -3.64. The van der Waals surface area contributed by atoms with Gasteiger partial charge in [0.25, 0.3) is 5.91 Å². The smallest absolute Gasteiger partial charge is 0.257 e. The van der Waals surface area contributed by atoms with E-state index in [2.05, 4.69) is 22.4 Å². The van der Waals surface area contributed by atoms with E-state index < -0.39 is 0 Å². The molecule has 0 aliphatic heterocycles. The summed E-state index contributed by atoms with van der Waals surface area (Å²) in [5, 5.41) is 13.0. The van der Waals surface area contributed by atoms with Crippen molar-refractivity contribution in [1.29, 1.82) is 0 Å². The molecule has 150 valence electrons. The molecular formula is C24H20N2O3S. The lowest BCUT2D eigenvalue weighted by molar-refractivity contribution is 0.102. The molecule has 0 aliphatic rings. The predicted octanol–water partition coefficient (Wildman–Crippen LogP) is 5.37. The van der Waals surface area contributed by atoms with Crippen molar-refractivity contribution in [3.05, 3.63) is 94.9 Å². The number of phenolic OH excluding ortho intramolecular Hbond substituents is 1. The third-order valence-corrected chi connectivity index (χ3v) is 5.59. The van der Waals surface area contributed by atoms with Gasteiger partial charge in [0.1, 0.15) is 11.5 Å². The Morgan fingerprint density at radius 1 is 1.00 bits per heavy atom. The molecule has 0 fully saturated rings. The van der Waals surface area contributed by atoms with E-state index in [1.54, 1.807) is 43.5 Å². The van der Waals surface area contributed by atoms with Crippen molar-refractivity contribution in [2.24, 2.45) is 0 Å². The van der Waals surface area contributed by atoms with E-state index in [1.807, 2.05) is 30.3 Å². The average molecular weight is 417 g/mol. The van der Waals surface area contributed by atoms with E-state index in [4.69, 9.17) is 4.74 Å². The van der Waals surface area contributed by atoms with Crippen LogP contribution in [0.2, 0.25) is 0 Å². The van der Waals surface area contributed by atoms with Gasteiger partial charge in [-0.1, -0.05) is 30.3 Å². The molecule has 6 heteroatoms. The summed E-state index contributed by atoms with van der Waals surface area (Å²) in [7, 11) is 1.59. The lowest BCUT2D eigenvalue weighted by atomic mass is 10.1. The Bertz CT molecular complexity index is 1140. The number of nitrogens with zero attached hydrogens (tertiary/aromatic N) is 1. The molecule has 3 aromatic carbocycles. The normalized spacial score (nSPS) is 10.6. The van der Waals surface area contributed by atoms with Crippen molar-refractivity contribution in [2.45, 2.75) is 6.42 Å². The lowest BCUT2D eigenvalue weighted by Crippen LogP contribution is -2.11. The number of carbonyl (C=O) groups excluding carboxylic acids is 1. The van der Waals surface area contributed by atoms with Gasteiger partial charge in [0, 0.05) is 22.4 Å². The summed E-state index contributed by atoms with van der Waals surface area (Å²) in [6, 6.07) is 24.0. The fourth-order valence-electron chi connectivity index (χ4n) is 3.06. The Labute approximate surface area is 178 Å². The molecule has 0 atom stereocenters. The minimum atomic E-state index is -0.227. The monoisotopic (exact) mass is 416 g/mol. The van der Waals surface area contributed by atoms with Gasteiger partial charge in [-0.15, -0.1) is 11.3 Å². The highest BCUT2D eigenvalue weighted by molar-refractivity contribution is 7.16. The summed E-state index contributed by atoms with van der Waals surface area (Å²) < 4.78 is 5.14. The first-order valence-electron chi connectivity index (χ1n) is 9.41. The number of aromatic nitrogens is 1. The molecule has 2 N–H and O–H groups in total. The van der Waals surface area contributed by atoms with Gasteiger partial charge in [0.15, 0.2) is 5.13 Å². The lowest BCUT2D eigenvalue weighted by Gasteiger charge is -2.03. The number of hydrogen-bond donors (Lipinski definition) is 2. The topological polar surface area (TPSA) is 71.5 Å². The van der Waals surface area contributed by atoms with Crippen molar-refractivity contribution < 1.29 is 14.6 Å². The molecule has 0 radical (unpaired) electrons. The Kier molecular flexibility index (Phi) is 5.77. The fourth-order valence-corrected chi connectivity index (χ4v) is 4.08. The van der Waals surface area contributed by atoms with Crippen molar-refractivity contribution in [2.75, 3.05) is 12.4 Å². The van der Waals surface area contributed by atoms with Crippen molar-refractivity contribution in [1.82, 2.24) is 4.98 Å². The van der Waals surface area contributed by atoms with E-state index in [1.165, 1.54) is 11.3 Å². The van der Waals surface area contributed by atoms with Gasteiger partial charge in [-0.2, -0.15) is 0 Å². The zero-order valence-electron chi connectivity index (χ0n) is 16.3. The van der Waals surface area contributed by atoms with Crippen LogP contribution in [0.1, 0.15) is 20.8 Å². The van der Waals surface area contributed by atoms with Crippen LogP contribution >= 0.6 is 11.3 Å². The number of amides is 1. The number of methoxy groups -OCH3 is 1. The molecule has 5 nitrogen and oxygen atoms in total. The molecule has 0 aliphatic carbocycles. The summed E-state index contributed by atoms with van der Waals surface area (Å²) in [6.45, 7) is 0. The van der Waals surface area contributed by atoms with Crippen molar-refractivity contribution >= 4 is 22.4 Å². The van der Waals surface area contributed by atoms with Gasteiger partial charge < -0.3 is 9.84 Å². The summed E-state index contributed by atoms with van der Waals surface area (Å²) in [6.07, 6.45) is 0.702. The largest absolute Gasteiger partial charge is 0.508 e. The molecule has 30 heavy (non-hydrogen) atoms. The molecule has 0 spiro atoms. The minimum absolute atomic E-state index is 0.201. The Morgan fingerprint density at radius 2 is 1.70 bits per heavy atom. The second kappa shape index (κ2) is 8.80. The highest BCUT2D eigenvalue weighted by Crippen LogP contribution is 2.34. The Balaban J connectivity index is 1.63. The first-order valence-corrected chi connectivity index (χ1v) is 10.2. The highest BCUT2D eigenvalue weighted by atomic mass is 32.1. The molecule has 0 saturated carbocycles. The maximum Gasteiger partial charge on any atom is 0.257 e. The van der Waals surface area contributed by atoms with Crippen LogP contribution in [0.15, 0.2) is 78.9 Å². The first-order chi connectivity index (χ1) is 14.6. The third kappa shape index (κ3) is 4.50. The number of nitrogens with one attached hydrogen (secondary N) is 1. The number of phenols is 1. The van der Waals surface area contributed by atoms with Gasteiger partial charge in [0.05, 0.1) is 12.8 Å². The maximum atomic E-state index is 12.7. The molecule has 1 amide bonds. The quantitative estimate of drug-likeness (QED) is 0.443. The van der Waals surface area contributed by atoms with Crippen LogP contribution in [0.25, 0.3) is 11.3 Å². The summed E-state index contributed by atoms with van der Waals surface area (Å²) in [4.78, 5) is 18.4. The van der Waals surface area contributed by atoms with Crippen LogP contribution in [-0.2, 0) is 6.42 Å². The van der Waals surface area contributed by atoms with Crippen LogP contribution in [-0.4, -0.2) is 23.1 Å². The van der Waals surface area contributed by atoms with Gasteiger partial charge in [-0.3, -0.25) is 10.1 Å². The summed E-state index contributed by atoms with van der Waals surface area (Å²) in [5.74, 6) is 0.669. The number of hydrogen-bond acceptors (Lipinski definition) is 5. The second-order valence-electron chi connectivity index (χ2n) is 6.68. The zero-order valence-corrected chi connectivity index (χ0v) is 17.1. The number of thiazole rings is 1. The van der Waals surface area contributed by atoms with Crippen LogP contribution < -0.4 is 10.1 Å². The standard InChI is InChI=1S/C24H20N2O3S/c1-29-20-13-9-18(10-14-20)23(28)26-24-25-22(17-7-11-19(27)12-8-17)21(30-24)15-16-5-3-2-4-6-16/h2-14,27H,15H2,1H3,(H,25,26,28). The maximum absolute atomic E-state index is 12.7. The number of carbonyl (C=O) groups is 1. The van der Waals surface area contributed by atoms with Crippen LogP contribution in [0.4, 0.5) is 5.13 Å². The average Bonchev–Trinajstić information content (AvgIpc) is 3.17. The van der Waals surface area contributed by atoms with Crippen LogP contribution in [0, 0.1) is 0 Å². The molecule has 4 rings (SSSR count). The van der Waals surface area contributed by atoms with E-state index in [0.29, 0.717) is 22.9 Å². The van der Waals surface area contributed by atoms with Crippen LogP contribution in [0.5, 0.6) is 11.5 Å². The summed E-state index contributed by atoms with van der Waals surface area (Å²) in [5.41, 5.74) is 3.38. The summed E-state index contributed by atoms with van der Waals surface area (Å²) >= 11 is 1.45. The molecular weight excluding hydrogens is 396 g/mol. The van der Waals surface area contributed by atoms with Crippen molar-refractivity contribution in [3.8, 4) is 22.8 Å². The molecule has 0 unspecified atom stereocenters. The van der Waals surface area contributed by atoms with E-state index in [0.717, 1.165) is 21.7 Å². The van der Waals surface area contributed by atoms with Gasteiger partial charge >= 0.3 is 0 Å². The molecule has 0 saturated heterocycles. The van der Waals surface area contributed by atoms with Gasteiger partial charge in [-0.25, -0.2) is 4.98 Å². The van der Waals surface area contributed by atoms with E-state index in [-0.39, 0.29) is 11.7 Å².